The third-order valence-corrected chi connectivity index (χ3v) is 2.70. The number of rotatable bonds is 0. The molecule has 0 amide bonds. The predicted molar refractivity (Wildman–Crippen MR) is 62.7 cm³/mol. The Morgan fingerprint density at radius 2 is 2.00 bits per heavy atom. The normalized spacial score (nSPS) is 11.3. The van der Waals surface area contributed by atoms with Crippen LogP contribution in [0.15, 0.2) is 30.3 Å². The monoisotopic (exact) mass is 197 g/mol. The van der Waals surface area contributed by atoms with Gasteiger partial charge in [0.2, 0.25) is 0 Å². The molecule has 0 aliphatic carbocycles. The Kier molecular flexibility index (Phi) is 1.51. The second kappa shape index (κ2) is 2.73. The third-order valence-electron chi connectivity index (χ3n) is 2.70. The van der Waals surface area contributed by atoms with Gasteiger partial charge in [0, 0.05) is 5.39 Å². The largest absolute Gasteiger partial charge is 0.382 e. The maximum atomic E-state index is 5.75. The summed E-state index contributed by atoms with van der Waals surface area (Å²) < 4.78 is 0. The van der Waals surface area contributed by atoms with Crippen molar-refractivity contribution in [2.45, 2.75) is 6.92 Å². The number of hydrogen-bond acceptors (Lipinski definition) is 2. The summed E-state index contributed by atoms with van der Waals surface area (Å²) in [6.45, 7) is 2.09. The van der Waals surface area contributed by atoms with Crippen molar-refractivity contribution in [1.29, 1.82) is 0 Å². The van der Waals surface area contributed by atoms with Crippen LogP contribution in [-0.4, -0.2) is 10.2 Å². The summed E-state index contributed by atoms with van der Waals surface area (Å²) in [7, 11) is 0. The Labute approximate surface area is 86.9 Å². The van der Waals surface area contributed by atoms with Crippen LogP contribution in [-0.2, 0) is 0 Å². The molecule has 0 atom stereocenters. The first-order valence-corrected chi connectivity index (χ1v) is 4.88. The fourth-order valence-corrected chi connectivity index (χ4v) is 1.90. The molecule has 0 radical (unpaired) electrons. The fourth-order valence-electron chi connectivity index (χ4n) is 1.90. The predicted octanol–water partition coefficient (Wildman–Crippen LogP) is 2.61. The van der Waals surface area contributed by atoms with Crippen LogP contribution in [0.1, 0.15) is 5.56 Å². The molecule has 0 unspecified atom stereocenters. The lowest BCUT2D eigenvalue weighted by molar-refractivity contribution is 1.13. The summed E-state index contributed by atoms with van der Waals surface area (Å²) >= 11 is 0. The molecule has 0 bridgehead atoms. The van der Waals surface area contributed by atoms with E-state index in [1.807, 2.05) is 0 Å². The van der Waals surface area contributed by atoms with E-state index >= 15 is 0 Å². The molecule has 3 rings (SSSR count). The van der Waals surface area contributed by atoms with Crippen molar-refractivity contribution in [2.75, 3.05) is 5.73 Å². The van der Waals surface area contributed by atoms with Crippen LogP contribution in [0.25, 0.3) is 21.7 Å². The average molecular weight is 197 g/mol. The molecule has 3 aromatic rings. The smallest absolute Gasteiger partial charge is 0.153 e. The summed E-state index contributed by atoms with van der Waals surface area (Å²) in [6, 6.07) is 10.5. The summed E-state index contributed by atoms with van der Waals surface area (Å²) in [4.78, 5) is 0. The maximum absolute atomic E-state index is 5.75. The highest BCUT2D eigenvalue weighted by molar-refractivity contribution is 6.00. The third kappa shape index (κ3) is 1.16. The zero-order valence-corrected chi connectivity index (χ0v) is 8.41. The number of hydrogen-bond donors (Lipinski definition) is 2. The molecule has 3 nitrogen and oxygen atoms in total. The number of nitrogen functional groups attached to an aromatic ring is 1. The van der Waals surface area contributed by atoms with Gasteiger partial charge in [0.15, 0.2) is 5.82 Å². The van der Waals surface area contributed by atoms with E-state index in [1.165, 1.54) is 16.3 Å². The van der Waals surface area contributed by atoms with Gasteiger partial charge < -0.3 is 5.73 Å². The summed E-state index contributed by atoms with van der Waals surface area (Å²) in [5.41, 5.74) is 8.00. The van der Waals surface area contributed by atoms with Gasteiger partial charge in [-0.05, 0) is 29.8 Å². The first-order chi connectivity index (χ1) is 7.24. The Balaban J connectivity index is 2.49. The van der Waals surface area contributed by atoms with Crippen molar-refractivity contribution in [3.63, 3.8) is 0 Å². The molecule has 1 aromatic heterocycles. The van der Waals surface area contributed by atoms with E-state index in [1.54, 1.807) is 0 Å². The van der Waals surface area contributed by atoms with Gasteiger partial charge in [-0.3, -0.25) is 5.10 Å². The number of aromatic amines is 1. The molecule has 0 saturated heterocycles. The highest BCUT2D eigenvalue weighted by Gasteiger charge is 2.03. The molecule has 0 fully saturated rings. The highest BCUT2D eigenvalue weighted by atomic mass is 15.1. The van der Waals surface area contributed by atoms with Crippen LogP contribution in [0.5, 0.6) is 0 Å². The lowest BCUT2D eigenvalue weighted by Crippen LogP contribution is -1.83. The minimum absolute atomic E-state index is 0.562. The van der Waals surface area contributed by atoms with Gasteiger partial charge in [-0.25, -0.2) is 0 Å². The Bertz CT molecular complexity index is 652. The first kappa shape index (κ1) is 8.29. The lowest BCUT2D eigenvalue weighted by atomic mass is 10.1. The van der Waals surface area contributed by atoms with Gasteiger partial charge in [-0.1, -0.05) is 23.8 Å². The number of nitrogens with zero attached hydrogens (tertiary/aromatic N) is 1. The van der Waals surface area contributed by atoms with Gasteiger partial charge in [0.1, 0.15) is 0 Å². The molecule has 3 heteroatoms. The number of nitrogens with one attached hydrogen (secondary N) is 1. The van der Waals surface area contributed by atoms with E-state index in [9.17, 15) is 0 Å². The second-order valence-corrected chi connectivity index (χ2v) is 3.86. The Morgan fingerprint density at radius 3 is 2.87 bits per heavy atom. The topological polar surface area (TPSA) is 54.7 Å². The van der Waals surface area contributed by atoms with Gasteiger partial charge in [0.05, 0.1) is 5.52 Å². The van der Waals surface area contributed by atoms with E-state index in [4.69, 9.17) is 5.73 Å². The van der Waals surface area contributed by atoms with Gasteiger partial charge >= 0.3 is 0 Å². The van der Waals surface area contributed by atoms with Crippen LogP contribution in [0.4, 0.5) is 5.82 Å². The number of aryl methyl sites for hydroxylation is 1. The van der Waals surface area contributed by atoms with E-state index < -0.39 is 0 Å². The second-order valence-electron chi connectivity index (χ2n) is 3.86. The van der Waals surface area contributed by atoms with Crippen molar-refractivity contribution >= 4 is 27.5 Å². The van der Waals surface area contributed by atoms with Crippen LogP contribution in [0.3, 0.4) is 0 Å². The molecular formula is C12H11N3. The van der Waals surface area contributed by atoms with E-state index in [0.717, 1.165) is 10.9 Å². The molecule has 0 saturated carbocycles. The molecule has 0 aliphatic rings. The minimum atomic E-state index is 0.562. The number of nitrogens with two attached hydrogens (primary N) is 1. The van der Waals surface area contributed by atoms with Crippen LogP contribution < -0.4 is 5.73 Å². The van der Waals surface area contributed by atoms with Crippen molar-refractivity contribution in [3.8, 4) is 0 Å². The van der Waals surface area contributed by atoms with Crippen LogP contribution in [0, 0.1) is 6.92 Å². The molecule has 0 spiro atoms. The first-order valence-electron chi connectivity index (χ1n) is 4.88. The minimum Gasteiger partial charge on any atom is -0.382 e. The molecule has 0 aliphatic heterocycles. The summed E-state index contributed by atoms with van der Waals surface area (Å²) in [5, 5.41) is 10.3. The van der Waals surface area contributed by atoms with Crippen LogP contribution >= 0.6 is 0 Å². The van der Waals surface area contributed by atoms with Gasteiger partial charge in [-0.15, -0.1) is 0 Å². The zero-order chi connectivity index (χ0) is 10.4. The van der Waals surface area contributed by atoms with Gasteiger partial charge in [0.25, 0.3) is 0 Å². The van der Waals surface area contributed by atoms with E-state index in [0.29, 0.717) is 5.82 Å². The number of anilines is 1. The fraction of sp³-hybridized carbons (Fsp3) is 0.0833. The molecule has 74 valence electrons. The number of benzene rings is 2. The van der Waals surface area contributed by atoms with Crippen molar-refractivity contribution in [3.05, 3.63) is 35.9 Å². The van der Waals surface area contributed by atoms with Crippen molar-refractivity contribution in [1.82, 2.24) is 10.2 Å². The number of aromatic nitrogens is 2. The molecular weight excluding hydrogens is 186 g/mol. The van der Waals surface area contributed by atoms with E-state index in [2.05, 4.69) is 47.5 Å². The Morgan fingerprint density at radius 1 is 1.13 bits per heavy atom. The molecule has 3 N–H and O–H groups in total. The van der Waals surface area contributed by atoms with E-state index in [-0.39, 0.29) is 0 Å². The lowest BCUT2D eigenvalue weighted by Gasteiger charge is -1.99. The number of fused-ring (bicyclic) bond motifs is 2. The zero-order valence-electron chi connectivity index (χ0n) is 8.41. The summed E-state index contributed by atoms with van der Waals surface area (Å²) in [6.07, 6.45) is 0. The maximum Gasteiger partial charge on any atom is 0.153 e. The molecule has 1 heterocycles. The highest BCUT2D eigenvalue weighted by Crippen LogP contribution is 2.25. The number of H-pyrrole nitrogens is 1. The SMILES string of the molecule is Cc1ccc2cc3c(N)n[nH]c3cc2c1. The summed E-state index contributed by atoms with van der Waals surface area (Å²) in [5.74, 6) is 0.562. The average Bonchev–Trinajstić information content (AvgIpc) is 2.57. The molecule has 15 heavy (non-hydrogen) atoms. The van der Waals surface area contributed by atoms with Crippen molar-refractivity contribution < 1.29 is 0 Å². The van der Waals surface area contributed by atoms with Gasteiger partial charge in [-0.2, -0.15) is 5.10 Å². The van der Waals surface area contributed by atoms with Crippen LogP contribution in [0.2, 0.25) is 0 Å². The quantitative estimate of drug-likeness (QED) is 0.582. The Hall–Kier alpha value is -2.03. The van der Waals surface area contributed by atoms with Crippen molar-refractivity contribution in [2.24, 2.45) is 0 Å². The standard InChI is InChI=1S/C12H11N3/c1-7-2-3-8-5-10-11(6-9(8)4-7)14-15-12(10)13/h2-6H,1H3,(H3,13,14,15). The molecule has 2 aromatic carbocycles.